The second-order valence-corrected chi connectivity index (χ2v) is 9.90. The Hall–Kier alpha value is -0.940. The van der Waals surface area contributed by atoms with Crippen LogP contribution in [0.3, 0.4) is 0 Å². The van der Waals surface area contributed by atoms with Crippen molar-refractivity contribution in [2.45, 2.75) is 77.2 Å². The molecule has 1 aromatic heterocycles. The number of fused-ring (bicyclic) bond motifs is 1. The van der Waals surface area contributed by atoms with Crippen LogP contribution < -0.4 is 10.6 Å². The van der Waals surface area contributed by atoms with Gasteiger partial charge in [0.2, 0.25) is 0 Å². The van der Waals surface area contributed by atoms with Gasteiger partial charge in [-0.2, -0.15) is 0 Å². The van der Waals surface area contributed by atoms with Crippen LogP contribution in [0.25, 0.3) is 0 Å². The van der Waals surface area contributed by atoms with E-state index in [0.717, 1.165) is 77.0 Å². The highest BCUT2D eigenvalue weighted by Crippen LogP contribution is 2.36. The molecule has 2 fully saturated rings. The Morgan fingerprint density at radius 2 is 1.79 bits per heavy atom. The number of halogens is 1. The van der Waals surface area contributed by atoms with Gasteiger partial charge in [-0.15, -0.1) is 34.2 Å². The van der Waals surface area contributed by atoms with Gasteiger partial charge in [0.25, 0.3) is 0 Å². The van der Waals surface area contributed by atoms with Crippen molar-refractivity contribution in [3.63, 3.8) is 0 Å². The Kier molecular flexibility index (Phi) is 11.2. The van der Waals surface area contributed by atoms with E-state index < -0.39 is 0 Å². The summed E-state index contributed by atoms with van der Waals surface area (Å²) < 4.78 is 7.92. The van der Waals surface area contributed by atoms with Crippen LogP contribution in [0.1, 0.15) is 69.4 Å². The van der Waals surface area contributed by atoms with Gasteiger partial charge in [0.15, 0.2) is 5.96 Å². The van der Waals surface area contributed by atoms with Gasteiger partial charge >= 0.3 is 0 Å². The number of rotatable bonds is 8. The predicted molar refractivity (Wildman–Crippen MR) is 143 cm³/mol. The van der Waals surface area contributed by atoms with Crippen molar-refractivity contribution >= 4 is 29.9 Å². The van der Waals surface area contributed by atoms with Gasteiger partial charge in [-0.3, -0.25) is 9.89 Å². The first-order chi connectivity index (χ1) is 15.8. The molecule has 0 spiro atoms. The molecular formula is C24H44IN7O. The summed E-state index contributed by atoms with van der Waals surface area (Å²) >= 11 is 0. The number of morpholine rings is 1. The molecule has 1 saturated heterocycles. The molecule has 188 valence electrons. The molecule has 0 atom stereocenters. The first-order valence-corrected chi connectivity index (χ1v) is 12.9. The molecule has 8 nitrogen and oxygen atoms in total. The number of aromatic nitrogens is 3. The third-order valence-electron chi connectivity index (χ3n) is 7.49. The zero-order valence-corrected chi connectivity index (χ0v) is 22.8. The van der Waals surface area contributed by atoms with Crippen molar-refractivity contribution in [3.05, 3.63) is 11.6 Å². The molecular weight excluding hydrogens is 529 g/mol. The second kappa shape index (κ2) is 13.8. The monoisotopic (exact) mass is 573 g/mol. The Bertz CT molecular complexity index is 726. The fraction of sp³-hybridized carbons (Fsp3) is 0.875. The molecule has 0 radical (unpaired) electrons. The van der Waals surface area contributed by atoms with Crippen molar-refractivity contribution < 1.29 is 4.74 Å². The van der Waals surface area contributed by atoms with Gasteiger partial charge < -0.3 is 19.9 Å². The number of aliphatic imine (C=N–C) groups is 1. The fourth-order valence-electron chi connectivity index (χ4n) is 5.60. The third kappa shape index (κ3) is 7.78. The summed E-state index contributed by atoms with van der Waals surface area (Å²) in [5.74, 6) is 3.26. The van der Waals surface area contributed by atoms with Gasteiger partial charge in [-0.1, -0.05) is 25.7 Å². The van der Waals surface area contributed by atoms with Gasteiger partial charge in [0.1, 0.15) is 11.6 Å². The maximum atomic E-state index is 5.56. The highest BCUT2D eigenvalue weighted by molar-refractivity contribution is 14.0. The van der Waals surface area contributed by atoms with Crippen molar-refractivity contribution in [1.29, 1.82) is 0 Å². The Morgan fingerprint density at radius 1 is 1.00 bits per heavy atom. The molecule has 2 aliphatic heterocycles. The molecule has 3 aliphatic rings. The maximum Gasteiger partial charge on any atom is 0.190 e. The molecule has 3 heterocycles. The highest BCUT2D eigenvalue weighted by atomic mass is 127. The second-order valence-electron chi connectivity index (χ2n) is 9.90. The lowest BCUT2D eigenvalue weighted by Crippen LogP contribution is -2.51. The van der Waals surface area contributed by atoms with Crippen LogP contribution in [0.4, 0.5) is 0 Å². The van der Waals surface area contributed by atoms with Crippen LogP contribution in [-0.4, -0.2) is 78.6 Å². The zero-order chi connectivity index (χ0) is 22.1. The van der Waals surface area contributed by atoms with Crippen LogP contribution in [-0.2, 0) is 24.1 Å². The number of aryl methyl sites for hydroxylation is 2. The van der Waals surface area contributed by atoms with E-state index in [9.17, 15) is 0 Å². The molecule has 4 rings (SSSR count). The molecule has 1 aromatic rings. The van der Waals surface area contributed by atoms with E-state index in [1.54, 1.807) is 0 Å². The summed E-state index contributed by atoms with van der Waals surface area (Å²) in [7, 11) is 1.88. The third-order valence-corrected chi connectivity index (χ3v) is 7.49. The molecule has 0 unspecified atom stereocenters. The number of nitrogens with one attached hydrogen (secondary N) is 2. The number of hydrogen-bond acceptors (Lipinski definition) is 5. The largest absolute Gasteiger partial charge is 0.379 e. The first-order valence-electron chi connectivity index (χ1n) is 12.9. The molecule has 0 bridgehead atoms. The number of guanidine groups is 1. The lowest BCUT2D eigenvalue weighted by molar-refractivity contribution is 0.00820. The van der Waals surface area contributed by atoms with Crippen LogP contribution in [0.5, 0.6) is 0 Å². The Labute approximate surface area is 216 Å². The zero-order valence-electron chi connectivity index (χ0n) is 20.5. The average Bonchev–Trinajstić information content (AvgIpc) is 3.05. The summed E-state index contributed by atoms with van der Waals surface area (Å²) in [6, 6.07) is 0. The maximum absolute atomic E-state index is 5.56. The Morgan fingerprint density at radius 3 is 2.58 bits per heavy atom. The quantitative estimate of drug-likeness (QED) is 0.216. The summed E-state index contributed by atoms with van der Waals surface area (Å²) in [6.45, 7) is 8.06. The Balaban J connectivity index is 0.00000306. The van der Waals surface area contributed by atoms with Crippen molar-refractivity contribution in [2.75, 3.05) is 53.0 Å². The minimum absolute atomic E-state index is 0. The van der Waals surface area contributed by atoms with Crippen molar-refractivity contribution in [3.8, 4) is 0 Å². The average molecular weight is 574 g/mol. The number of ether oxygens (including phenoxy) is 1. The van der Waals surface area contributed by atoms with Gasteiger partial charge in [0.05, 0.1) is 13.2 Å². The van der Waals surface area contributed by atoms with E-state index in [-0.39, 0.29) is 24.0 Å². The molecule has 2 N–H and O–H groups in total. The minimum atomic E-state index is 0. The summed E-state index contributed by atoms with van der Waals surface area (Å²) in [4.78, 5) is 7.10. The summed E-state index contributed by atoms with van der Waals surface area (Å²) in [5, 5.41) is 16.1. The lowest BCUT2D eigenvalue weighted by atomic mass is 9.73. The molecule has 9 heteroatoms. The van der Waals surface area contributed by atoms with Crippen molar-refractivity contribution in [1.82, 2.24) is 30.3 Å². The molecule has 33 heavy (non-hydrogen) atoms. The predicted octanol–water partition coefficient (Wildman–Crippen LogP) is 3.00. The molecule has 1 aliphatic carbocycles. The molecule has 0 amide bonds. The van der Waals surface area contributed by atoms with E-state index in [2.05, 4.69) is 35.3 Å². The first kappa shape index (κ1) is 26.7. The summed E-state index contributed by atoms with van der Waals surface area (Å²) in [6.07, 6.45) is 13.6. The van der Waals surface area contributed by atoms with Gasteiger partial charge in [-0.05, 0) is 32.1 Å². The normalized spacial score (nSPS) is 21.5. The van der Waals surface area contributed by atoms with E-state index >= 15 is 0 Å². The standard InChI is InChI=1S/C24H43N7O.HI/c1-25-23(26-13-8-10-22-29-28-21-9-4-2-7-14-31(21)22)27-19-24(11-5-3-6-12-24)20-30-15-17-32-18-16-30;/h2-20H2,1H3,(H2,25,26,27);1H. The van der Waals surface area contributed by atoms with Crippen LogP contribution in [0.15, 0.2) is 4.99 Å². The highest BCUT2D eigenvalue weighted by Gasteiger charge is 2.34. The topological polar surface area (TPSA) is 79.6 Å². The van der Waals surface area contributed by atoms with Crippen LogP contribution in [0, 0.1) is 5.41 Å². The van der Waals surface area contributed by atoms with E-state index in [4.69, 9.17) is 4.74 Å². The number of nitrogens with zero attached hydrogens (tertiary/aromatic N) is 5. The van der Waals surface area contributed by atoms with E-state index in [0.29, 0.717) is 5.41 Å². The van der Waals surface area contributed by atoms with Crippen LogP contribution in [0.2, 0.25) is 0 Å². The molecule has 1 saturated carbocycles. The van der Waals surface area contributed by atoms with E-state index in [1.165, 1.54) is 63.7 Å². The smallest absolute Gasteiger partial charge is 0.190 e. The minimum Gasteiger partial charge on any atom is -0.379 e. The van der Waals surface area contributed by atoms with Gasteiger partial charge in [0, 0.05) is 64.6 Å². The van der Waals surface area contributed by atoms with Crippen molar-refractivity contribution in [2.24, 2.45) is 10.4 Å². The SMILES string of the molecule is CN=C(NCCCc1nnc2n1CCCCC2)NCC1(CN2CCOCC2)CCCCC1.I. The van der Waals surface area contributed by atoms with E-state index in [1.807, 2.05) is 7.05 Å². The van der Waals surface area contributed by atoms with Gasteiger partial charge in [-0.25, -0.2) is 0 Å². The fourth-order valence-corrected chi connectivity index (χ4v) is 5.60. The summed E-state index contributed by atoms with van der Waals surface area (Å²) in [5.41, 5.74) is 0.353. The molecule has 0 aromatic carbocycles. The lowest BCUT2D eigenvalue weighted by Gasteiger charge is -2.42. The number of hydrogen-bond donors (Lipinski definition) is 2. The van der Waals surface area contributed by atoms with Crippen LogP contribution >= 0.6 is 24.0 Å².